The van der Waals surface area contributed by atoms with Crippen molar-refractivity contribution in [1.82, 2.24) is 5.32 Å². The molecule has 2 atom stereocenters. The van der Waals surface area contributed by atoms with Gasteiger partial charge in [-0.05, 0) is 37.6 Å². The van der Waals surface area contributed by atoms with Crippen LogP contribution in [0.1, 0.15) is 19.3 Å². The third-order valence-electron chi connectivity index (χ3n) is 2.83. The van der Waals surface area contributed by atoms with E-state index in [1.807, 2.05) is 0 Å². The number of hydrogen-bond acceptors (Lipinski definition) is 2. The topological polar surface area (TPSA) is 32.3 Å². The summed E-state index contributed by atoms with van der Waals surface area (Å²) in [5.41, 5.74) is 0. The van der Waals surface area contributed by atoms with Gasteiger partial charge in [-0.1, -0.05) is 0 Å². The quantitative estimate of drug-likeness (QED) is 0.582. The van der Waals surface area contributed by atoms with Gasteiger partial charge in [0.05, 0.1) is 6.61 Å². The Morgan fingerprint density at radius 2 is 2.10 bits per heavy atom. The Morgan fingerprint density at radius 1 is 1.30 bits per heavy atom. The smallest absolute Gasteiger partial charge is 0.0587 e. The third kappa shape index (κ3) is 1.06. The summed E-state index contributed by atoms with van der Waals surface area (Å²) in [4.78, 5) is 0. The van der Waals surface area contributed by atoms with Gasteiger partial charge in [-0.25, -0.2) is 0 Å². The van der Waals surface area contributed by atoms with E-state index in [0.29, 0.717) is 12.6 Å². The molecule has 0 amide bonds. The van der Waals surface area contributed by atoms with Gasteiger partial charge in [0.1, 0.15) is 0 Å². The average Bonchev–Trinajstić information content (AvgIpc) is 2.69. The van der Waals surface area contributed by atoms with Crippen molar-refractivity contribution in [2.75, 3.05) is 13.2 Å². The van der Waals surface area contributed by atoms with Gasteiger partial charge in [0.25, 0.3) is 0 Å². The highest BCUT2D eigenvalue weighted by Crippen LogP contribution is 2.41. The van der Waals surface area contributed by atoms with E-state index in [0.717, 1.165) is 18.4 Å². The molecular formula is C8H15NO. The van der Waals surface area contributed by atoms with Crippen LogP contribution >= 0.6 is 0 Å². The molecule has 0 radical (unpaired) electrons. The molecule has 0 aromatic heterocycles. The highest BCUT2D eigenvalue weighted by Gasteiger charge is 2.38. The predicted octanol–water partition coefficient (Wildman–Crippen LogP) is 0.367. The maximum atomic E-state index is 8.95. The zero-order valence-corrected chi connectivity index (χ0v) is 6.21. The van der Waals surface area contributed by atoms with Crippen molar-refractivity contribution >= 4 is 0 Å². The number of aliphatic hydroxyl groups excluding tert-OH is 1. The second kappa shape index (κ2) is 2.51. The Hall–Kier alpha value is -0.0800. The summed E-state index contributed by atoms with van der Waals surface area (Å²) >= 11 is 0. The van der Waals surface area contributed by atoms with Crippen molar-refractivity contribution < 1.29 is 5.11 Å². The monoisotopic (exact) mass is 141 g/mol. The fourth-order valence-corrected chi connectivity index (χ4v) is 2.08. The molecule has 0 spiro atoms. The van der Waals surface area contributed by atoms with Crippen LogP contribution in [-0.4, -0.2) is 24.3 Å². The predicted molar refractivity (Wildman–Crippen MR) is 39.7 cm³/mol. The second-order valence-electron chi connectivity index (χ2n) is 3.53. The van der Waals surface area contributed by atoms with E-state index in [1.165, 1.54) is 19.3 Å². The van der Waals surface area contributed by atoms with Gasteiger partial charge in [0.15, 0.2) is 0 Å². The van der Waals surface area contributed by atoms with Crippen LogP contribution < -0.4 is 5.32 Å². The summed E-state index contributed by atoms with van der Waals surface area (Å²) in [6, 6.07) is 0.424. The molecule has 0 aromatic rings. The van der Waals surface area contributed by atoms with Crippen molar-refractivity contribution in [2.24, 2.45) is 11.8 Å². The number of nitrogens with one attached hydrogen (secondary N) is 1. The van der Waals surface area contributed by atoms with Crippen molar-refractivity contribution in [3.8, 4) is 0 Å². The van der Waals surface area contributed by atoms with Crippen LogP contribution in [0, 0.1) is 11.8 Å². The Balaban J connectivity index is 1.91. The first-order valence-corrected chi connectivity index (χ1v) is 4.26. The van der Waals surface area contributed by atoms with Crippen LogP contribution in [0.2, 0.25) is 0 Å². The maximum Gasteiger partial charge on any atom is 0.0587 e. The largest absolute Gasteiger partial charge is 0.395 e. The molecule has 2 rings (SSSR count). The molecule has 1 saturated carbocycles. The second-order valence-corrected chi connectivity index (χ2v) is 3.53. The van der Waals surface area contributed by atoms with Gasteiger partial charge in [-0.15, -0.1) is 0 Å². The van der Waals surface area contributed by atoms with E-state index >= 15 is 0 Å². The fraction of sp³-hybridized carbons (Fsp3) is 1.00. The van der Waals surface area contributed by atoms with E-state index in [4.69, 9.17) is 5.11 Å². The molecule has 0 bridgehead atoms. The van der Waals surface area contributed by atoms with Crippen molar-refractivity contribution in [3.63, 3.8) is 0 Å². The molecule has 2 unspecified atom stereocenters. The van der Waals surface area contributed by atoms with E-state index in [2.05, 4.69) is 5.32 Å². The van der Waals surface area contributed by atoms with E-state index in [9.17, 15) is 0 Å². The minimum absolute atomic E-state index is 0.334. The van der Waals surface area contributed by atoms with Crippen LogP contribution in [0.4, 0.5) is 0 Å². The highest BCUT2D eigenvalue weighted by molar-refractivity contribution is 4.92. The standard InChI is InChI=1S/C8H15NO/c10-5-8-7(3-4-9-8)6-1-2-6/h6-10H,1-5H2. The molecule has 1 saturated heterocycles. The lowest BCUT2D eigenvalue weighted by Gasteiger charge is -2.15. The van der Waals surface area contributed by atoms with Gasteiger partial charge >= 0.3 is 0 Å². The molecule has 2 heteroatoms. The van der Waals surface area contributed by atoms with Crippen LogP contribution in [-0.2, 0) is 0 Å². The Labute approximate surface area is 61.6 Å². The van der Waals surface area contributed by atoms with Gasteiger partial charge in [0.2, 0.25) is 0 Å². The normalized spacial score (nSPS) is 40.5. The summed E-state index contributed by atoms with van der Waals surface area (Å²) in [5.74, 6) is 1.75. The van der Waals surface area contributed by atoms with E-state index in [-0.39, 0.29) is 0 Å². The first kappa shape index (κ1) is 6.62. The summed E-state index contributed by atoms with van der Waals surface area (Å²) in [6.45, 7) is 1.45. The van der Waals surface area contributed by atoms with E-state index in [1.54, 1.807) is 0 Å². The lowest BCUT2D eigenvalue weighted by atomic mass is 9.96. The molecular weight excluding hydrogens is 126 g/mol. The van der Waals surface area contributed by atoms with Crippen LogP contribution in [0.5, 0.6) is 0 Å². The van der Waals surface area contributed by atoms with Crippen LogP contribution in [0.15, 0.2) is 0 Å². The number of hydrogen-bond donors (Lipinski definition) is 2. The Bertz CT molecular complexity index is 122. The summed E-state index contributed by atoms with van der Waals surface area (Å²) in [6.07, 6.45) is 4.10. The molecule has 1 aliphatic heterocycles. The van der Waals surface area contributed by atoms with Crippen molar-refractivity contribution in [3.05, 3.63) is 0 Å². The Morgan fingerprint density at radius 3 is 2.70 bits per heavy atom. The molecule has 0 aromatic carbocycles. The minimum atomic E-state index is 0.334. The molecule has 2 nitrogen and oxygen atoms in total. The molecule has 2 fully saturated rings. The van der Waals surface area contributed by atoms with Crippen LogP contribution in [0.3, 0.4) is 0 Å². The molecule has 10 heavy (non-hydrogen) atoms. The Kier molecular flexibility index (Phi) is 1.66. The van der Waals surface area contributed by atoms with Crippen LogP contribution in [0.25, 0.3) is 0 Å². The van der Waals surface area contributed by atoms with E-state index < -0.39 is 0 Å². The van der Waals surface area contributed by atoms with Gasteiger partial charge < -0.3 is 10.4 Å². The summed E-state index contributed by atoms with van der Waals surface area (Å²) in [7, 11) is 0. The first-order chi connectivity index (χ1) is 4.92. The SMILES string of the molecule is OCC1NCCC1C1CC1. The molecule has 2 N–H and O–H groups in total. The molecule has 1 heterocycles. The lowest BCUT2D eigenvalue weighted by Crippen LogP contribution is -2.31. The zero-order valence-electron chi connectivity index (χ0n) is 6.21. The highest BCUT2D eigenvalue weighted by atomic mass is 16.3. The molecule has 2 aliphatic rings. The number of rotatable bonds is 2. The summed E-state index contributed by atoms with van der Waals surface area (Å²) < 4.78 is 0. The minimum Gasteiger partial charge on any atom is -0.395 e. The summed E-state index contributed by atoms with van der Waals surface area (Å²) in [5, 5.41) is 12.3. The van der Waals surface area contributed by atoms with Crippen molar-refractivity contribution in [2.45, 2.75) is 25.3 Å². The van der Waals surface area contributed by atoms with Gasteiger partial charge in [-0.2, -0.15) is 0 Å². The lowest BCUT2D eigenvalue weighted by molar-refractivity contribution is 0.218. The fourth-order valence-electron chi connectivity index (χ4n) is 2.08. The molecule has 58 valence electrons. The van der Waals surface area contributed by atoms with Crippen molar-refractivity contribution in [1.29, 1.82) is 0 Å². The maximum absolute atomic E-state index is 8.95. The van der Waals surface area contributed by atoms with Gasteiger partial charge in [-0.3, -0.25) is 0 Å². The molecule has 1 aliphatic carbocycles. The first-order valence-electron chi connectivity index (χ1n) is 4.26. The van der Waals surface area contributed by atoms with Gasteiger partial charge in [0, 0.05) is 6.04 Å². The number of aliphatic hydroxyl groups is 1. The zero-order chi connectivity index (χ0) is 6.97. The average molecular weight is 141 g/mol. The third-order valence-corrected chi connectivity index (χ3v) is 2.83.